The summed E-state index contributed by atoms with van der Waals surface area (Å²) in [7, 11) is 4.40. The molecule has 2 fully saturated rings. The third-order valence-corrected chi connectivity index (χ3v) is 17.7. The molecule has 0 saturated carbocycles. The van der Waals surface area contributed by atoms with E-state index in [1.807, 2.05) is 13.0 Å². The van der Waals surface area contributed by atoms with Gasteiger partial charge in [0.25, 0.3) is 0 Å². The number of urea groups is 1. The van der Waals surface area contributed by atoms with E-state index in [-0.39, 0.29) is 66.0 Å². The predicted octanol–water partition coefficient (Wildman–Crippen LogP) is 7.24. The Morgan fingerprint density at radius 3 is 2.44 bits per heavy atom. The highest BCUT2D eigenvalue weighted by molar-refractivity contribution is 9.10. The fourth-order valence-electron chi connectivity index (χ4n) is 10.4. The number of pyridine rings is 1. The molecule has 8 amide bonds. The topological polar surface area (TPSA) is 330 Å². The number of nitrogens with one attached hydrogen (secondary N) is 6. The van der Waals surface area contributed by atoms with Crippen molar-refractivity contribution in [3.8, 4) is 5.75 Å². The third-order valence-electron chi connectivity index (χ3n) is 15.4. The summed E-state index contributed by atoms with van der Waals surface area (Å²) in [4.78, 5) is 112. The highest BCUT2D eigenvalue weighted by Crippen LogP contribution is 2.49. The molecule has 9 N–H and O–H groups in total. The molecule has 27 heteroatoms. The monoisotopic (exact) mass is 1350 g/mol. The molecule has 2 saturated heterocycles. The van der Waals surface area contributed by atoms with Crippen LogP contribution in [0.15, 0.2) is 66.4 Å². The number of unbranched alkanes of at least 4 members (excludes halogenated alkanes) is 2. The number of nitrogens with two attached hydrogens (primary N) is 1. The minimum Gasteiger partial charge on any atom is -0.495 e. The smallest absolute Gasteiger partial charge is 0.412 e. The van der Waals surface area contributed by atoms with Gasteiger partial charge in [0.1, 0.15) is 52.4 Å². The van der Waals surface area contributed by atoms with Crippen molar-refractivity contribution in [3.05, 3.63) is 77.0 Å². The Morgan fingerprint density at radius 1 is 1.03 bits per heavy atom. The number of allylic oxidation sites excluding steroid dienone is 3. The van der Waals surface area contributed by atoms with Crippen LogP contribution in [0.1, 0.15) is 91.5 Å². The zero-order chi connectivity index (χ0) is 63.1. The van der Waals surface area contributed by atoms with Gasteiger partial charge in [0.2, 0.25) is 23.6 Å². The Balaban J connectivity index is 1.22. The number of carbonyl (C=O) groups excluding carboxylic acids is 8. The van der Waals surface area contributed by atoms with E-state index < -0.39 is 102 Å². The SMILES string of the molecule is COc1cc2cc(c1Cl)N(C)C(=O)C[C@H](OC(=O)Nc1ccc(NC(=O)[C@H](CCCNC(N)=O)NC(=O)[C@@H](NC(=O)CCCCCOC(C=O)(CBr)CBr)C(C)C)c3cccnc13)[C@]1(C)O[C@H]1[C@H](C)[C@@H]1C[C@@](O)(NC(=O)O1)[C@H](OC)/C=C/C=C(\C)C2. The first-order valence-electron chi connectivity index (χ1n) is 28.2. The second kappa shape index (κ2) is 31.0. The molecule has 3 aliphatic heterocycles. The maximum atomic E-state index is 14.6. The van der Waals surface area contributed by atoms with E-state index in [0.29, 0.717) is 59.8 Å². The van der Waals surface area contributed by atoms with Crippen LogP contribution >= 0.6 is 43.5 Å². The molecule has 0 unspecified atom stereocenters. The highest BCUT2D eigenvalue weighted by atomic mass is 79.9. The summed E-state index contributed by atoms with van der Waals surface area (Å²) < 4.78 is 35.4. The number of alkyl carbamates (subject to hydrolysis) is 1. The fourth-order valence-corrected chi connectivity index (χ4v) is 12.2. The van der Waals surface area contributed by atoms with Crippen LogP contribution in [0.2, 0.25) is 5.02 Å². The summed E-state index contributed by atoms with van der Waals surface area (Å²) in [5.74, 6) is -2.86. The lowest BCUT2D eigenvalue weighted by molar-refractivity contribution is -0.142. The van der Waals surface area contributed by atoms with Crippen molar-refractivity contribution in [3.63, 3.8) is 0 Å². The molecule has 0 spiro atoms. The van der Waals surface area contributed by atoms with E-state index in [9.17, 15) is 43.5 Å². The fraction of sp³-hybridized carbons (Fsp3) is 0.542. The van der Waals surface area contributed by atoms with Gasteiger partial charge < -0.3 is 70.2 Å². The molecule has 0 aliphatic carbocycles. The molecule has 86 heavy (non-hydrogen) atoms. The average Bonchev–Trinajstić information content (AvgIpc) is 2.42. The maximum Gasteiger partial charge on any atom is 0.412 e. The molecule has 6 rings (SSSR count). The summed E-state index contributed by atoms with van der Waals surface area (Å²) in [6, 6.07) is 6.81. The van der Waals surface area contributed by atoms with Gasteiger partial charge in [-0.25, -0.2) is 14.4 Å². The van der Waals surface area contributed by atoms with Crippen LogP contribution < -0.4 is 47.3 Å². The number of halogens is 3. The molecule has 9 atom stereocenters. The number of hydrogen-bond donors (Lipinski definition) is 8. The van der Waals surface area contributed by atoms with Gasteiger partial charge in [0.05, 0.1) is 42.2 Å². The van der Waals surface area contributed by atoms with Gasteiger partial charge in [-0.05, 0) is 93.8 Å². The molecule has 3 aliphatic rings. The van der Waals surface area contributed by atoms with E-state index in [1.54, 1.807) is 64.1 Å². The number of epoxide rings is 1. The van der Waals surface area contributed by atoms with Crippen molar-refractivity contribution in [1.29, 1.82) is 0 Å². The number of amides is 8. The highest BCUT2D eigenvalue weighted by Gasteiger charge is 2.64. The molecule has 2 aromatic carbocycles. The van der Waals surface area contributed by atoms with Crippen molar-refractivity contribution < 1.29 is 71.9 Å². The number of fused-ring (bicyclic) bond motifs is 6. The lowest BCUT2D eigenvalue weighted by atomic mass is 9.83. The third kappa shape index (κ3) is 17.6. The van der Waals surface area contributed by atoms with E-state index in [1.165, 1.54) is 44.5 Å². The van der Waals surface area contributed by atoms with E-state index in [4.69, 9.17) is 45.8 Å². The lowest BCUT2D eigenvalue weighted by Crippen LogP contribution is -2.63. The van der Waals surface area contributed by atoms with Crippen molar-refractivity contribution in [2.24, 2.45) is 17.6 Å². The number of benzene rings is 2. The lowest BCUT2D eigenvalue weighted by Gasteiger charge is -2.42. The Morgan fingerprint density at radius 2 is 1.77 bits per heavy atom. The standard InChI is InChI=1S/C59H78Br2ClN9O15/c1-33(2)49(69-46(73)19-10-9-11-24-83-58(30-60,31-61)32-72)53(76)67-40(17-14-23-65-54(63)77)52(75)66-38-20-21-39(50-37(38)16-13-22-64-50)68-55(78)85-45-28-47(74)71(6)41-26-36(27-42(81-7)48(41)62)25-34(3)15-12-18-44(82-8)59(80)29-43(84-56(79)70-59)35(4)51-57(45,5)86-51/h12-13,15-16,18,20-22,26-27,32-33,35,40,43-45,49,51,80H,9-11,14,17,19,23-25,28-31H2,1-8H3,(H,66,75)(H,67,76)(H,68,78)(H,69,73)(H,70,79)(H3,63,65,77)/b18-12+,34-15+/t35-,40+,43+,44-,45+,49+,51+,57+,59+/m1/s1. The van der Waals surface area contributed by atoms with Crippen molar-refractivity contribution in [2.45, 2.75) is 146 Å². The van der Waals surface area contributed by atoms with E-state index in [2.05, 4.69) is 68.7 Å². The number of anilines is 3. The summed E-state index contributed by atoms with van der Waals surface area (Å²) >= 11 is 13.5. The summed E-state index contributed by atoms with van der Waals surface area (Å²) in [5, 5.41) is 29.4. The number of hydrogen-bond acceptors (Lipinski definition) is 16. The Labute approximate surface area is 521 Å². The van der Waals surface area contributed by atoms with Crippen molar-refractivity contribution >= 4 is 120 Å². The van der Waals surface area contributed by atoms with Gasteiger partial charge in [-0.1, -0.05) is 94.5 Å². The number of carbonyl (C=O) groups is 8. The quantitative estimate of drug-likeness (QED) is 0.0190. The number of aldehydes is 1. The Bertz CT molecular complexity index is 3020. The number of nitrogens with zero attached hydrogens (tertiary/aromatic N) is 2. The minimum atomic E-state index is -1.91. The number of methoxy groups -OCH3 is 2. The van der Waals surface area contributed by atoms with Crippen molar-refractivity contribution in [2.75, 3.05) is 60.6 Å². The number of aromatic nitrogens is 1. The first-order chi connectivity index (χ1) is 40.8. The largest absolute Gasteiger partial charge is 0.495 e. The molecule has 0 radical (unpaired) electrons. The van der Waals surface area contributed by atoms with E-state index >= 15 is 0 Å². The number of alkyl halides is 2. The van der Waals surface area contributed by atoms with Gasteiger partial charge in [-0.15, -0.1) is 0 Å². The zero-order valence-corrected chi connectivity index (χ0v) is 53.4. The first kappa shape index (κ1) is 68.7. The molecular weight excluding hydrogens is 1270 g/mol. The molecular formula is C59H78Br2ClN9O15. The van der Waals surface area contributed by atoms with Crippen LogP contribution in [0.5, 0.6) is 5.75 Å². The predicted molar refractivity (Wildman–Crippen MR) is 329 cm³/mol. The molecule has 4 bridgehead atoms. The van der Waals surface area contributed by atoms with Crippen molar-refractivity contribution in [1.82, 2.24) is 26.3 Å². The summed E-state index contributed by atoms with van der Waals surface area (Å²) in [5.41, 5.74) is 3.60. The van der Waals surface area contributed by atoms with Crippen LogP contribution in [0.3, 0.4) is 0 Å². The molecule has 4 heterocycles. The van der Waals surface area contributed by atoms with Gasteiger partial charge in [-0.3, -0.25) is 34.8 Å². The average molecular weight is 1350 g/mol. The minimum absolute atomic E-state index is 0.0413. The number of primary amides is 1. The van der Waals surface area contributed by atoms with Gasteiger partial charge >= 0.3 is 18.2 Å². The van der Waals surface area contributed by atoms with Crippen LogP contribution in [0.25, 0.3) is 10.9 Å². The second-order valence-electron chi connectivity index (χ2n) is 22.3. The van der Waals surface area contributed by atoms with Gasteiger partial charge in [-0.2, -0.15) is 0 Å². The summed E-state index contributed by atoms with van der Waals surface area (Å²) in [6.07, 6.45) is 3.39. The van der Waals surface area contributed by atoms with Crippen LogP contribution in [-0.4, -0.2) is 157 Å². The van der Waals surface area contributed by atoms with Gasteiger partial charge in [0.15, 0.2) is 12.0 Å². The number of ether oxygens (including phenoxy) is 6. The van der Waals surface area contributed by atoms with Crippen LogP contribution in [-0.2, 0) is 54.1 Å². The zero-order valence-electron chi connectivity index (χ0n) is 49.4. The van der Waals surface area contributed by atoms with Crippen LogP contribution in [0, 0.1) is 11.8 Å². The molecule has 470 valence electrons. The molecule has 3 aromatic rings. The van der Waals surface area contributed by atoms with Crippen LogP contribution in [0.4, 0.5) is 31.4 Å². The first-order valence-corrected chi connectivity index (χ1v) is 30.9. The Kier molecular flexibility index (Phi) is 24.7. The Hall–Kier alpha value is -6.42. The maximum absolute atomic E-state index is 14.6. The van der Waals surface area contributed by atoms with Gasteiger partial charge in [0, 0.05) is 68.3 Å². The molecule has 1 aromatic heterocycles. The molecule has 24 nitrogen and oxygen atoms in total. The second-order valence-corrected chi connectivity index (χ2v) is 23.8. The number of aliphatic hydroxyl groups is 1. The normalized spacial score (nSPS) is 24.1. The number of rotatable bonds is 24. The summed E-state index contributed by atoms with van der Waals surface area (Å²) in [6.45, 7) is 9.23. The van der Waals surface area contributed by atoms with E-state index in [0.717, 1.165) is 17.4 Å².